The molecule has 1 aliphatic rings. The quantitative estimate of drug-likeness (QED) is 0.812. The lowest BCUT2D eigenvalue weighted by molar-refractivity contribution is 0.0692. The Bertz CT molecular complexity index is 331. The number of nitrogens with zero attached hydrogens (tertiary/aromatic N) is 2. The summed E-state index contributed by atoms with van der Waals surface area (Å²) in [5.41, 5.74) is 0.163. The van der Waals surface area contributed by atoms with Crippen LogP contribution in [-0.4, -0.2) is 28.5 Å². The second-order valence-corrected chi connectivity index (χ2v) is 4.19. The van der Waals surface area contributed by atoms with Gasteiger partial charge in [0.1, 0.15) is 5.00 Å². The van der Waals surface area contributed by atoms with Crippen molar-refractivity contribution < 1.29 is 9.90 Å². The molecule has 1 saturated heterocycles. The fraction of sp³-hybridized carbons (Fsp3) is 0.556. The van der Waals surface area contributed by atoms with Crippen LogP contribution in [0.2, 0.25) is 0 Å². The van der Waals surface area contributed by atoms with Crippen LogP contribution in [0.25, 0.3) is 0 Å². The molecule has 0 radical (unpaired) electrons. The topological polar surface area (TPSA) is 53.4 Å². The third-order valence-electron chi connectivity index (χ3n) is 2.38. The van der Waals surface area contributed by atoms with Crippen molar-refractivity contribution in [1.82, 2.24) is 4.37 Å². The second kappa shape index (κ2) is 3.96. The highest BCUT2D eigenvalue weighted by molar-refractivity contribution is 7.10. The highest BCUT2D eigenvalue weighted by Gasteiger charge is 2.15. The zero-order chi connectivity index (χ0) is 9.97. The smallest absolute Gasteiger partial charge is 0.355 e. The van der Waals surface area contributed by atoms with Gasteiger partial charge >= 0.3 is 5.97 Å². The van der Waals surface area contributed by atoms with Gasteiger partial charge in [0, 0.05) is 19.2 Å². The summed E-state index contributed by atoms with van der Waals surface area (Å²) in [7, 11) is 0. The van der Waals surface area contributed by atoms with Crippen LogP contribution in [0.5, 0.6) is 0 Å². The molecule has 0 atom stereocenters. The molecule has 1 aliphatic heterocycles. The number of carboxylic acid groups (broad SMARTS) is 1. The number of hydrogen-bond acceptors (Lipinski definition) is 4. The summed E-state index contributed by atoms with van der Waals surface area (Å²) in [6.45, 7) is 2.06. The normalized spacial score (nSPS) is 17.0. The molecule has 4 nitrogen and oxygen atoms in total. The van der Waals surface area contributed by atoms with Gasteiger partial charge in [-0.2, -0.15) is 4.37 Å². The minimum Gasteiger partial charge on any atom is -0.476 e. The van der Waals surface area contributed by atoms with Gasteiger partial charge in [0.05, 0.1) is 0 Å². The molecular formula is C9H12N2O2S. The first-order valence-corrected chi connectivity index (χ1v) is 5.49. The molecule has 0 amide bonds. The molecule has 0 aromatic carbocycles. The molecule has 76 valence electrons. The molecule has 1 aromatic heterocycles. The van der Waals surface area contributed by atoms with Gasteiger partial charge in [-0.25, -0.2) is 4.79 Å². The molecule has 2 heterocycles. The Morgan fingerprint density at radius 2 is 2.14 bits per heavy atom. The summed E-state index contributed by atoms with van der Waals surface area (Å²) in [6.07, 6.45) is 3.67. The predicted molar refractivity (Wildman–Crippen MR) is 55.1 cm³/mol. The number of carboxylic acids is 1. The maximum Gasteiger partial charge on any atom is 0.355 e. The van der Waals surface area contributed by atoms with Gasteiger partial charge in [-0.15, -0.1) is 0 Å². The molecule has 2 rings (SSSR count). The molecule has 1 aromatic rings. The number of rotatable bonds is 2. The third-order valence-corrected chi connectivity index (χ3v) is 3.24. The highest BCUT2D eigenvalue weighted by Crippen LogP contribution is 2.24. The second-order valence-electron chi connectivity index (χ2n) is 3.40. The molecule has 0 aliphatic carbocycles. The lowest BCUT2D eigenvalue weighted by atomic mass is 10.1. The van der Waals surface area contributed by atoms with Crippen molar-refractivity contribution in [3.05, 3.63) is 11.8 Å². The molecule has 0 unspecified atom stereocenters. The van der Waals surface area contributed by atoms with E-state index in [9.17, 15) is 4.79 Å². The summed E-state index contributed by atoms with van der Waals surface area (Å²) in [6, 6.07) is 1.66. The molecular weight excluding hydrogens is 200 g/mol. The summed E-state index contributed by atoms with van der Waals surface area (Å²) >= 11 is 1.28. The first kappa shape index (κ1) is 9.45. The zero-order valence-electron chi connectivity index (χ0n) is 7.77. The fourth-order valence-corrected chi connectivity index (χ4v) is 2.41. The van der Waals surface area contributed by atoms with E-state index in [2.05, 4.69) is 9.27 Å². The Morgan fingerprint density at radius 1 is 1.43 bits per heavy atom. The zero-order valence-corrected chi connectivity index (χ0v) is 8.59. The van der Waals surface area contributed by atoms with Crippen molar-refractivity contribution in [1.29, 1.82) is 0 Å². The Labute approximate surface area is 86.3 Å². The largest absolute Gasteiger partial charge is 0.476 e. The number of aromatic carboxylic acids is 1. The summed E-state index contributed by atoms with van der Waals surface area (Å²) < 4.78 is 3.89. The van der Waals surface area contributed by atoms with E-state index in [0.717, 1.165) is 18.1 Å². The van der Waals surface area contributed by atoms with Crippen LogP contribution in [0.3, 0.4) is 0 Å². The SMILES string of the molecule is O=C(O)c1cc(N2CCCCC2)sn1. The third kappa shape index (κ3) is 1.87. The maximum absolute atomic E-state index is 10.6. The lowest BCUT2D eigenvalue weighted by Crippen LogP contribution is -2.28. The number of aromatic nitrogens is 1. The van der Waals surface area contributed by atoms with Crippen LogP contribution in [0.1, 0.15) is 29.8 Å². The van der Waals surface area contributed by atoms with Gasteiger partial charge in [0.25, 0.3) is 0 Å². The van der Waals surface area contributed by atoms with Gasteiger partial charge in [-0.3, -0.25) is 0 Å². The van der Waals surface area contributed by atoms with Crippen LogP contribution >= 0.6 is 11.5 Å². The van der Waals surface area contributed by atoms with Crippen LogP contribution in [0, 0.1) is 0 Å². The van der Waals surface area contributed by atoms with Crippen molar-refractivity contribution in [2.75, 3.05) is 18.0 Å². The van der Waals surface area contributed by atoms with Crippen LogP contribution in [-0.2, 0) is 0 Å². The molecule has 0 saturated carbocycles. The molecule has 14 heavy (non-hydrogen) atoms. The summed E-state index contributed by atoms with van der Waals surface area (Å²) in [5.74, 6) is -0.940. The monoisotopic (exact) mass is 212 g/mol. The molecule has 5 heteroatoms. The van der Waals surface area contributed by atoms with Gasteiger partial charge < -0.3 is 10.0 Å². The average Bonchev–Trinajstić information content (AvgIpc) is 2.68. The van der Waals surface area contributed by atoms with Gasteiger partial charge in [0.2, 0.25) is 0 Å². The van der Waals surface area contributed by atoms with Crippen LogP contribution in [0.4, 0.5) is 5.00 Å². The van der Waals surface area contributed by atoms with Crippen LogP contribution < -0.4 is 4.90 Å². The van der Waals surface area contributed by atoms with E-state index in [1.165, 1.54) is 30.8 Å². The maximum atomic E-state index is 10.6. The molecule has 0 bridgehead atoms. The summed E-state index contributed by atoms with van der Waals surface area (Å²) in [4.78, 5) is 12.8. The number of carbonyl (C=O) groups is 1. The van der Waals surface area contributed by atoms with E-state index in [1.54, 1.807) is 6.07 Å². The minimum absolute atomic E-state index is 0.163. The van der Waals surface area contributed by atoms with Gasteiger partial charge in [-0.1, -0.05) is 0 Å². The highest BCUT2D eigenvalue weighted by atomic mass is 32.1. The number of hydrogen-bond donors (Lipinski definition) is 1. The number of anilines is 1. The molecule has 1 fully saturated rings. The van der Waals surface area contributed by atoms with Crippen molar-refractivity contribution in [3.63, 3.8) is 0 Å². The first-order valence-electron chi connectivity index (χ1n) is 4.72. The summed E-state index contributed by atoms with van der Waals surface area (Å²) in [5, 5.41) is 9.71. The van der Waals surface area contributed by atoms with Crippen molar-refractivity contribution in [3.8, 4) is 0 Å². The van der Waals surface area contributed by atoms with Crippen molar-refractivity contribution in [2.24, 2.45) is 0 Å². The predicted octanol–water partition coefficient (Wildman–Crippen LogP) is 1.83. The Balaban J connectivity index is 2.11. The van der Waals surface area contributed by atoms with Gasteiger partial charge in [0.15, 0.2) is 5.69 Å². The standard InChI is InChI=1S/C9H12N2O2S/c12-9(13)7-6-8(14-10-7)11-4-2-1-3-5-11/h6H,1-5H2,(H,12,13). The van der Waals surface area contributed by atoms with E-state index in [4.69, 9.17) is 5.11 Å². The van der Waals surface area contributed by atoms with E-state index in [-0.39, 0.29) is 5.69 Å². The molecule has 0 spiro atoms. The lowest BCUT2D eigenvalue weighted by Gasteiger charge is -2.26. The average molecular weight is 212 g/mol. The Kier molecular flexibility index (Phi) is 2.67. The first-order chi connectivity index (χ1) is 6.77. The Morgan fingerprint density at radius 3 is 2.71 bits per heavy atom. The van der Waals surface area contributed by atoms with E-state index in [0.29, 0.717) is 0 Å². The van der Waals surface area contributed by atoms with Gasteiger partial charge in [-0.05, 0) is 30.8 Å². The van der Waals surface area contributed by atoms with Crippen molar-refractivity contribution in [2.45, 2.75) is 19.3 Å². The minimum atomic E-state index is -0.940. The van der Waals surface area contributed by atoms with E-state index >= 15 is 0 Å². The van der Waals surface area contributed by atoms with E-state index in [1.807, 2.05) is 0 Å². The van der Waals surface area contributed by atoms with E-state index < -0.39 is 5.97 Å². The fourth-order valence-electron chi connectivity index (χ4n) is 1.63. The molecule has 1 N–H and O–H groups in total. The number of piperidine rings is 1. The van der Waals surface area contributed by atoms with Crippen molar-refractivity contribution >= 4 is 22.5 Å². The van der Waals surface area contributed by atoms with Crippen LogP contribution in [0.15, 0.2) is 6.07 Å². The Hall–Kier alpha value is -1.10.